The standard InChI is InChI=1S/C14H19BrN2O/c1-9(11-3-5-12(15)6-4-11)17-14(18)13-7-8-16-10(13)2/h3-6,9-10,13,16H,7-8H2,1-2H3,(H,17,18)/t9-,10?,13?/m1/s1. The zero-order valence-electron chi connectivity index (χ0n) is 10.7. The van der Waals surface area contributed by atoms with Crippen molar-refractivity contribution in [3.05, 3.63) is 34.3 Å². The molecule has 0 bridgehead atoms. The van der Waals surface area contributed by atoms with Crippen LogP contribution in [0.1, 0.15) is 31.9 Å². The van der Waals surface area contributed by atoms with Crippen LogP contribution < -0.4 is 10.6 Å². The zero-order chi connectivity index (χ0) is 13.1. The van der Waals surface area contributed by atoms with Gasteiger partial charge >= 0.3 is 0 Å². The summed E-state index contributed by atoms with van der Waals surface area (Å²) in [7, 11) is 0. The van der Waals surface area contributed by atoms with E-state index in [9.17, 15) is 4.79 Å². The van der Waals surface area contributed by atoms with Crippen LogP contribution in [0.2, 0.25) is 0 Å². The average Bonchev–Trinajstić information content (AvgIpc) is 2.76. The van der Waals surface area contributed by atoms with Gasteiger partial charge in [-0.3, -0.25) is 4.79 Å². The molecule has 0 saturated carbocycles. The van der Waals surface area contributed by atoms with Crippen molar-refractivity contribution in [1.82, 2.24) is 10.6 Å². The van der Waals surface area contributed by atoms with E-state index in [0.29, 0.717) is 0 Å². The van der Waals surface area contributed by atoms with Crippen LogP contribution in [-0.4, -0.2) is 18.5 Å². The molecule has 1 aromatic rings. The lowest BCUT2D eigenvalue weighted by molar-refractivity contribution is -0.125. The fraction of sp³-hybridized carbons (Fsp3) is 0.500. The van der Waals surface area contributed by atoms with Gasteiger partial charge in [-0.2, -0.15) is 0 Å². The van der Waals surface area contributed by atoms with Crippen molar-refractivity contribution in [3.63, 3.8) is 0 Å². The smallest absolute Gasteiger partial charge is 0.225 e. The number of amides is 1. The van der Waals surface area contributed by atoms with E-state index < -0.39 is 0 Å². The second-order valence-electron chi connectivity index (χ2n) is 4.92. The van der Waals surface area contributed by atoms with Crippen molar-refractivity contribution in [2.45, 2.75) is 32.4 Å². The molecule has 1 aliphatic heterocycles. The molecular formula is C14H19BrN2O. The van der Waals surface area contributed by atoms with Crippen LogP contribution in [-0.2, 0) is 4.79 Å². The Bertz CT molecular complexity index is 418. The van der Waals surface area contributed by atoms with Crippen LogP contribution in [0, 0.1) is 5.92 Å². The van der Waals surface area contributed by atoms with E-state index in [0.717, 1.165) is 23.0 Å². The Kier molecular flexibility index (Phi) is 4.40. The normalized spacial score (nSPS) is 24.8. The number of hydrogen-bond donors (Lipinski definition) is 2. The Morgan fingerprint density at radius 2 is 2.11 bits per heavy atom. The molecule has 0 spiro atoms. The molecule has 1 aromatic carbocycles. The number of carbonyl (C=O) groups is 1. The quantitative estimate of drug-likeness (QED) is 0.901. The molecule has 2 rings (SSSR count). The maximum atomic E-state index is 12.1. The van der Waals surface area contributed by atoms with Gasteiger partial charge in [-0.1, -0.05) is 28.1 Å². The third-order valence-corrected chi connectivity index (χ3v) is 4.12. The van der Waals surface area contributed by atoms with Crippen molar-refractivity contribution in [1.29, 1.82) is 0 Å². The second-order valence-corrected chi connectivity index (χ2v) is 5.84. The molecule has 18 heavy (non-hydrogen) atoms. The molecule has 1 saturated heterocycles. The van der Waals surface area contributed by atoms with Crippen molar-refractivity contribution >= 4 is 21.8 Å². The van der Waals surface area contributed by atoms with Gasteiger partial charge in [0, 0.05) is 10.5 Å². The number of carbonyl (C=O) groups excluding carboxylic acids is 1. The molecule has 2 unspecified atom stereocenters. The molecule has 4 heteroatoms. The van der Waals surface area contributed by atoms with Gasteiger partial charge in [0.25, 0.3) is 0 Å². The van der Waals surface area contributed by atoms with Gasteiger partial charge in [-0.05, 0) is 44.5 Å². The lowest BCUT2D eigenvalue weighted by atomic mass is 10.00. The SMILES string of the molecule is CC1NCCC1C(=O)N[C@H](C)c1ccc(Br)cc1. The average molecular weight is 311 g/mol. The summed E-state index contributed by atoms with van der Waals surface area (Å²) in [6.07, 6.45) is 0.931. The van der Waals surface area contributed by atoms with Gasteiger partial charge in [-0.15, -0.1) is 0 Å². The Balaban J connectivity index is 1.96. The lowest BCUT2D eigenvalue weighted by Gasteiger charge is -2.19. The van der Waals surface area contributed by atoms with Gasteiger partial charge in [0.1, 0.15) is 0 Å². The molecule has 1 amide bonds. The zero-order valence-corrected chi connectivity index (χ0v) is 12.3. The van der Waals surface area contributed by atoms with Gasteiger partial charge in [0.05, 0.1) is 12.0 Å². The molecule has 2 N–H and O–H groups in total. The fourth-order valence-electron chi connectivity index (χ4n) is 2.37. The molecule has 1 aliphatic rings. The van der Waals surface area contributed by atoms with Crippen LogP contribution >= 0.6 is 15.9 Å². The lowest BCUT2D eigenvalue weighted by Crippen LogP contribution is -2.37. The van der Waals surface area contributed by atoms with E-state index in [2.05, 4.69) is 33.5 Å². The number of rotatable bonds is 3. The molecule has 98 valence electrons. The summed E-state index contributed by atoms with van der Waals surface area (Å²) in [4.78, 5) is 12.1. The van der Waals surface area contributed by atoms with Gasteiger partial charge < -0.3 is 10.6 Å². The van der Waals surface area contributed by atoms with E-state index in [1.54, 1.807) is 0 Å². The Morgan fingerprint density at radius 3 is 2.67 bits per heavy atom. The summed E-state index contributed by atoms with van der Waals surface area (Å²) in [5.74, 6) is 0.255. The van der Waals surface area contributed by atoms with Crippen LogP contribution in [0.3, 0.4) is 0 Å². The third kappa shape index (κ3) is 3.12. The minimum atomic E-state index is 0.0541. The van der Waals surface area contributed by atoms with Crippen molar-refractivity contribution in [3.8, 4) is 0 Å². The summed E-state index contributed by atoms with van der Waals surface area (Å²) in [6, 6.07) is 8.40. The van der Waals surface area contributed by atoms with Gasteiger partial charge in [-0.25, -0.2) is 0 Å². The van der Waals surface area contributed by atoms with E-state index in [4.69, 9.17) is 0 Å². The molecule has 1 fully saturated rings. The summed E-state index contributed by atoms with van der Waals surface area (Å²) >= 11 is 3.41. The molecule has 3 atom stereocenters. The minimum absolute atomic E-state index is 0.0541. The highest BCUT2D eigenvalue weighted by Gasteiger charge is 2.29. The maximum Gasteiger partial charge on any atom is 0.225 e. The maximum absolute atomic E-state index is 12.1. The predicted molar refractivity (Wildman–Crippen MR) is 76.3 cm³/mol. The van der Waals surface area contributed by atoms with Crippen molar-refractivity contribution in [2.24, 2.45) is 5.92 Å². The highest BCUT2D eigenvalue weighted by Crippen LogP contribution is 2.19. The second kappa shape index (κ2) is 5.85. The van der Waals surface area contributed by atoms with E-state index >= 15 is 0 Å². The Hall–Kier alpha value is -0.870. The van der Waals surface area contributed by atoms with Gasteiger partial charge in [0.2, 0.25) is 5.91 Å². The number of halogens is 1. The highest BCUT2D eigenvalue weighted by molar-refractivity contribution is 9.10. The predicted octanol–water partition coefficient (Wildman–Crippen LogP) is 2.62. The van der Waals surface area contributed by atoms with Crippen molar-refractivity contribution < 1.29 is 4.79 Å². The van der Waals surface area contributed by atoms with E-state index in [-0.39, 0.29) is 23.9 Å². The van der Waals surface area contributed by atoms with E-state index in [1.165, 1.54) is 0 Å². The fourth-order valence-corrected chi connectivity index (χ4v) is 2.64. The van der Waals surface area contributed by atoms with Gasteiger partial charge in [0.15, 0.2) is 0 Å². The first kappa shape index (κ1) is 13.6. The number of benzene rings is 1. The summed E-state index contributed by atoms with van der Waals surface area (Å²) in [5.41, 5.74) is 1.13. The Labute approximate surface area is 116 Å². The minimum Gasteiger partial charge on any atom is -0.349 e. The van der Waals surface area contributed by atoms with Crippen LogP contribution in [0.5, 0.6) is 0 Å². The molecule has 0 aromatic heterocycles. The van der Waals surface area contributed by atoms with Crippen molar-refractivity contribution in [2.75, 3.05) is 6.54 Å². The largest absolute Gasteiger partial charge is 0.349 e. The Morgan fingerprint density at radius 1 is 1.44 bits per heavy atom. The van der Waals surface area contributed by atoms with Crippen LogP contribution in [0.25, 0.3) is 0 Å². The molecule has 0 aliphatic carbocycles. The monoisotopic (exact) mass is 310 g/mol. The summed E-state index contributed by atoms with van der Waals surface area (Å²) in [5, 5.41) is 6.40. The first-order valence-corrected chi connectivity index (χ1v) is 7.16. The first-order valence-electron chi connectivity index (χ1n) is 6.37. The number of hydrogen-bond acceptors (Lipinski definition) is 2. The topological polar surface area (TPSA) is 41.1 Å². The van der Waals surface area contributed by atoms with Crippen LogP contribution in [0.4, 0.5) is 0 Å². The first-order chi connectivity index (χ1) is 8.58. The molecule has 0 radical (unpaired) electrons. The molecule has 1 heterocycles. The molecular weight excluding hydrogens is 292 g/mol. The summed E-state index contributed by atoms with van der Waals surface area (Å²) in [6.45, 7) is 5.03. The van der Waals surface area contributed by atoms with E-state index in [1.807, 2.05) is 31.2 Å². The number of nitrogens with one attached hydrogen (secondary N) is 2. The highest BCUT2D eigenvalue weighted by atomic mass is 79.9. The summed E-state index contributed by atoms with van der Waals surface area (Å²) < 4.78 is 1.05. The third-order valence-electron chi connectivity index (χ3n) is 3.59. The van der Waals surface area contributed by atoms with Crippen LogP contribution in [0.15, 0.2) is 28.7 Å². The molecule has 3 nitrogen and oxygen atoms in total.